The molecule has 0 fully saturated rings. The molecule has 0 saturated heterocycles. The first-order valence-corrected chi connectivity index (χ1v) is 13.0. The van der Waals surface area contributed by atoms with E-state index >= 15 is 0 Å². The van der Waals surface area contributed by atoms with Crippen molar-refractivity contribution in [2.75, 3.05) is 30.0 Å². The van der Waals surface area contributed by atoms with Gasteiger partial charge >= 0.3 is 5.97 Å². The maximum Gasteiger partial charge on any atom is 0.325 e. The highest BCUT2D eigenvalue weighted by Crippen LogP contribution is 2.25. The SMILES string of the molecule is COC(=O)CN(C(=O)[C@@H](CCc1ccccc1)CSC(C)=O)c1ccc(OCc2cccc(N)c2)cc1. The lowest BCUT2D eigenvalue weighted by molar-refractivity contribution is -0.140. The molecule has 0 spiro atoms. The third kappa shape index (κ3) is 8.99. The predicted octanol–water partition coefficient (Wildman–Crippen LogP) is 4.88. The number of hydrogen-bond acceptors (Lipinski definition) is 7. The summed E-state index contributed by atoms with van der Waals surface area (Å²) in [6.45, 7) is 1.60. The topological polar surface area (TPSA) is 98.9 Å². The summed E-state index contributed by atoms with van der Waals surface area (Å²) in [5, 5.41) is -0.0568. The van der Waals surface area contributed by atoms with Crippen molar-refractivity contribution < 1.29 is 23.9 Å². The minimum atomic E-state index is -0.531. The van der Waals surface area contributed by atoms with Crippen LogP contribution >= 0.6 is 11.8 Å². The molecule has 1 atom stereocenters. The number of aryl methyl sites for hydroxylation is 1. The molecule has 7 nitrogen and oxygen atoms in total. The molecule has 3 aromatic carbocycles. The molecular weight excluding hydrogens is 488 g/mol. The number of nitrogen functional groups attached to an aromatic ring is 1. The van der Waals surface area contributed by atoms with Gasteiger partial charge in [-0.25, -0.2) is 0 Å². The van der Waals surface area contributed by atoms with Crippen LogP contribution in [0.5, 0.6) is 5.75 Å². The fourth-order valence-corrected chi connectivity index (χ4v) is 4.51. The maximum atomic E-state index is 13.7. The van der Waals surface area contributed by atoms with E-state index in [9.17, 15) is 14.4 Å². The Labute approximate surface area is 221 Å². The summed E-state index contributed by atoms with van der Waals surface area (Å²) < 4.78 is 10.7. The first-order chi connectivity index (χ1) is 17.9. The van der Waals surface area contributed by atoms with E-state index in [1.54, 1.807) is 24.3 Å². The molecule has 0 radical (unpaired) electrons. The standard InChI is InChI=1S/C29H32N2O5S/c1-21(32)37-20-24(12-11-22-7-4-3-5-8-22)29(34)31(18-28(33)35-2)26-13-15-27(16-14-26)36-19-23-9-6-10-25(30)17-23/h3-10,13-17,24H,11-12,18-20,30H2,1-2H3/t24-/m0/s1. The van der Waals surface area contributed by atoms with Crippen LogP contribution in [0.2, 0.25) is 0 Å². The molecular formula is C29H32N2O5S. The van der Waals surface area contributed by atoms with Crippen LogP contribution in [-0.2, 0) is 32.1 Å². The summed E-state index contributed by atoms with van der Waals surface area (Å²) in [4.78, 5) is 39.0. The van der Waals surface area contributed by atoms with Crippen LogP contribution < -0.4 is 15.4 Å². The van der Waals surface area contributed by atoms with Gasteiger partial charge in [-0.05, 0) is 60.4 Å². The molecule has 0 aromatic heterocycles. The predicted molar refractivity (Wildman–Crippen MR) is 147 cm³/mol. The Morgan fingerprint density at radius 1 is 0.946 bits per heavy atom. The van der Waals surface area contributed by atoms with Crippen LogP contribution in [0.3, 0.4) is 0 Å². The number of benzene rings is 3. The third-order valence-corrected chi connectivity index (χ3v) is 6.72. The van der Waals surface area contributed by atoms with Crippen LogP contribution in [0.15, 0.2) is 78.9 Å². The Hall–Kier alpha value is -3.78. The molecule has 0 heterocycles. The molecule has 0 aliphatic heterocycles. The molecule has 194 valence electrons. The quantitative estimate of drug-likeness (QED) is 0.268. The Balaban J connectivity index is 1.76. The van der Waals surface area contributed by atoms with Crippen molar-refractivity contribution in [3.63, 3.8) is 0 Å². The highest BCUT2D eigenvalue weighted by Gasteiger charge is 2.28. The summed E-state index contributed by atoms with van der Waals surface area (Å²) in [5.74, 6) is -0.275. The zero-order chi connectivity index (χ0) is 26.6. The van der Waals surface area contributed by atoms with Gasteiger partial charge in [0.05, 0.1) is 7.11 Å². The highest BCUT2D eigenvalue weighted by molar-refractivity contribution is 8.13. The molecule has 3 aromatic rings. The van der Waals surface area contributed by atoms with E-state index in [2.05, 4.69) is 0 Å². The van der Waals surface area contributed by atoms with Gasteiger partial charge < -0.3 is 20.1 Å². The summed E-state index contributed by atoms with van der Waals surface area (Å²) >= 11 is 1.12. The fraction of sp³-hybridized carbons (Fsp3) is 0.276. The van der Waals surface area contributed by atoms with Crippen molar-refractivity contribution in [2.45, 2.75) is 26.4 Å². The number of thioether (sulfide) groups is 1. The lowest BCUT2D eigenvalue weighted by Crippen LogP contribution is -2.41. The second kappa shape index (κ2) is 14.1. The fourth-order valence-electron chi connectivity index (χ4n) is 3.76. The third-order valence-electron chi connectivity index (χ3n) is 5.75. The van der Waals surface area contributed by atoms with Gasteiger partial charge in [-0.3, -0.25) is 14.4 Å². The summed E-state index contributed by atoms with van der Waals surface area (Å²) in [6, 6.07) is 24.3. The number of anilines is 2. The number of esters is 1. The van der Waals surface area contributed by atoms with Gasteiger partial charge in [-0.15, -0.1) is 0 Å². The minimum Gasteiger partial charge on any atom is -0.489 e. The molecule has 37 heavy (non-hydrogen) atoms. The number of ether oxygens (including phenoxy) is 2. The number of nitrogens with two attached hydrogens (primary N) is 1. The van der Waals surface area contributed by atoms with Gasteiger partial charge in [0.25, 0.3) is 0 Å². The van der Waals surface area contributed by atoms with Gasteiger partial charge in [0.1, 0.15) is 18.9 Å². The van der Waals surface area contributed by atoms with Gasteiger partial charge in [0.15, 0.2) is 5.12 Å². The number of rotatable bonds is 12. The Bertz CT molecular complexity index is 1180. The molecule has 8 heteroatoms. The van der Waals surface area contributed by atoms with E-state index in [1.807, 2.05) is 54.6 Å². The Kier molecular flexibility index (Phi) is 10.6. The van der Waals surface area contributed by atoms with Crippen molar-refractivity contribution in [1.82, 2.24) is 0 Å². The van der Waals surface area contributed by atoms with Gasteiger partial charge in [0, 0.05) is 30.0 Å². The molecule has 0 saturated carbocycles. The van der Waals surface area contributed by atoms with Gasteiger partial charge in [0.2, 0.25) is 5.91 Å². The van der Waals surface area contributed by atoms with Crippen molar-refractivity contribution in [3.8, 4) is 5.75 Å². The van der Waals surface area contributed by atoms with E-state index < -0.39 is 11.9 Å². The summed E-state index contributed by atoms with van der Waals surface area (Å²) in [6.07, 6.45) is 1.22. The second-order valence-electron chi connectivity index (χ2n) is 8.55. The van der Waals surface area contributed by atoms with E-state index in [1.165, 1.54) is 18.9 Å². The van der Waals surface area contributed by atoms with E-state index in [0.29, 0.717) is 42.3 Å². The van der Waals surface area contributed by atoms with Crippen LogP contribution in [0.25, 0.3) is 0 Å². The zero-order valence-corrected chi connectivity index (χ0v) is 21.9. The average molecular weight is 521 g/mol. The van der Waals surface area contributed by atoms with Gasteiger partial charge in [-0.2, -0.15) is 0 Å². The molecule has 1 amide bonds. The minimum absolute atomic E-state index is 0.0568. The first-order valence-electron chi connectivity index (χ1n) is 12.0. The molecule has 3 rings (SSSR count). The molecule has 0 unspecified atom stereocenters. The Morgan fingerprint density at radius 2 is 1.65 bits per heavy atom. The lowest BCUT2D eigenvalue weighted by atomic mass is 9.99. The molecule has 2 N–H and O–H groups in total. The Morgan fingerprint density at radius 3 is 2.30 bits per heavy atom. The first kappa shape index (κ1) is 27.8. The lowest BCUT2D eigenvalue weighted by Gasteiger charge is -2.27. The number of nitrogens with zero attached hydrogens (tertiary/aromatic N) is 1. The highest BCUT2D eigenvalue weighted by atomic mass is 32.2. The van der Waals surface area contributed by atoms with Crippen LogP contribution in [0, 0.1) is 5.92 Å². The van der Waals surface area contributed by atoms with Crippen molar-refractivity contribution in [3.05, 3.63) is 90.0 Å². The van der Waals surface area contributed by atoms with Crippen molar-refractivity contribution in [1.29, 1.82) is 0 Å². The molecule has 0 bridgehead atoms. The number of methoxy groups -OCH3 is 1. The van der Waals surface area contributed by atoms with Crippen molar-refractivity contribution >= 4 is 40.1 Å². The number of hydrogen-bond donors (Lipinski definition) is 1. The van der Waals surface area contributed by atoms with E-state index in [-0.39, 0.29) is 17.6 Å². The van der Waals surface area contributed by atoms with Gasteiger partial charge in [-0.1, -0.05) is 54.2 Å². The second-order valence-corrected chi connectivity index (χ2v) is 9.75. The molecule has 0 aliphatic carbocycles. The van der Waals surface area contributed by atoms with Crippen molar-refractivity contribution in [2.24, 2.45) is 5.92 Å². The number of amides is 1. The average Bonchev–Trinajstić information content (AvgIpc) is 2.91. The normalized spacial score (nSPS) is 11.4. The maximum absolute atomic E-state index is 13.7. The summed E-state index contributed by atoms with van der Waals surface area (Å²) in [7, 11) is 1.29. The number of carbonyl (C=O) groups excluding carboxylic acids is 3. The van der Waals surface area contributed by atoms with Crippen LogP contribution in [0.1, 0.15) is 24.5 Å². The zero-order valence-electron chi connectivity index (χ0n) is 21.1. The molecule has 0 aliphatic rings. The number of carbonyl (C=O) groups is 3. The monoisotopic (exact) mass is 520 g/mol. The van der Waals surface area contributed by atoms with Crippen LogP contribution in [-0.4, -0.2) is 36.4 Å². The summed E-state index contributed by atoms with van der Waals surface area (Å²) in [5.41, 5.74) is 9.08. The smallest absolute Gasteiger partial charge is 0.325 e. The van der Waals surface area contributed by atoms with E-state index in [0.717, 1.165) is 22.9 Å². The van der Waals surface area contributed by atoms with E-state index in [4.69, 9.17) is 15.2 Å². The largest absolute Gasteiger partial charge is 0.489 e. The van der Waals surface area contributed by atoms with Crippen LogP contribution in [0.4, 0.5) is 11.4 Å².